The monoisotopic (exact) mass is 226 g/mol. The second-order valence-corrected chi connectivity index (χ2v) is 5.32. The van der Waals surface area contributed by atoms with Gasteiger partial charge in [0.1, 0.15) is 0 Å². The lowest BCUT2D eigenvalue weighted by molar-refractivity contribution is 0.0824. The van der Waals surface area contributed by atoms with E-state index < -0.39 is 0 Å². The summed E-state index contributed by atoms with van der Waals surface area (Å²) in [5.74, 6) is 0.993. The molecule has 2 fully saturated rings. The van der Waals surface area contributed by atoms with Gasteiger partial charge in [-0.25, -0.2) is 0 Å². The lowest BCUT2D eigenvalue weighted by Gasteiger charge is -2.32. The molecule has 94 valence electrons. The summed E-state index contributed by atoms with van der Waals surface area (Å²) in [6, 6.07) is 0.879. The number of fused-ring (bicyclic) bond motifs is 1. The lowest BCUT2D eigenvalue weighted by Crippen LogP contribution is -2.37. The van der Waals surface area contributed by atoms with E-state index in [4.69, 9.17) is 10.5 Å². The number of ether oxygens (including phenoxy) is 1. The van der Waals surface area contributed by atoms with E-state index in [1.807, 2.05) is 0 Å². The van der Waals surface area contributed by atoms with Gasteiger partial charge in [0.05, 0.1) is 6.10 Å². The third kappa shape index (κ3) is 2.76. The van der Waals surface area contributed by atoms with E-state index in [0.717, 1.165) is 18.4 Å². The van der Waals surface area contributed by atoms with Crippen LogP contribution in [0.3, 0.4) is 0 Å². The molecule has 2 N–H and O–H groups in total. The average Bonchev–Trinajstić information content (AvgIpc) is 2.74. The van der Waals surface area contributed by atoms with Crippen molar-refractivity contribution in [2.75, 3.05) is 26.7 Å². The van der Waals surface area contributed by atoms with Crippen LogP contribution in [0, 0.1) is 5.92 Å². The summed E-state index contributed by atoms with van der Waals surface area (Å²) >= 11 is 0. The normalized spacial score (nSPS) is 32.6. The Labute approximate surface area is 99.3 Å². The first-order valence-electron chi connectivity index (χ1n) is 6.82. The fraction of sp³-hybridized carbons (Fsp3) is 1.00. The third-order valence-corrected chi connectivity index (χ3v) is 4.46. The summed E-state index contributed by atoms with van der Waals surface area (Å²) in [6.07, 6.45) is 8.54. The molecule has 1 saturated carbocycles. The van der Waals surface area contributed by atoms with Gasteiger partial charge in [0.15, 0.2) is 0 Å². The van der Waals surface area contributed by atoms with Crippen LogP contribution >= 0.6 is 0 Å². The maximum Gasteiger partial charge on any atom is 0.0705 e. The summed E-state index contributed by atoms with van der Waals surface area (Å²) < 4.78 is 5.34. The van der Waals surface area contributed by atoms with Crippen LogP contribution < -0.4 is 5.73 Å². The van der Waals surface area contributed by atoms with Crippen molar-refractivity contribution < 1.29 is 4.74 Å². The highest BCUT2D eigenvalue weighted by molar-refractivity contribution is 4.89. The quantitative estimate of drug-likeness (QED) is 0.774. The maximum absolute atomic E-state index is 5.66. The Balaban J connectivity index is 1.77. The predicted octanol–water partition coefficient (Wildman–Crippen LogP) is 1.61. The van der Waals surface area contributed by atoms with Crippen molar-refractivity contribution in [3.05, 3.63) is 0 Å². The standard InChI is InChI=1S/C13H26N2O/c1-16-12(10-14)7-9-15-8-6-11-4-2-3-5-13(11)15/h11-13H,2-10,14H2,1H3. The Bertz CT molecular complexity index is 206. The molecule has 0 spiro atoms. The highest BCUT2D eigenvalue weighted by Crippen LogP contribution is 2.36. The maximum atomic E-state index is 5.66. The third-order valence-electron chi connectivity index (χ3n) is 4.46. The highest BCUT2D eigenvalue weighted by atomic mass is 16.5. The van der Waals surface area contributed by atoms with Gasteiger partial charge in [0.2, 0.25) is 0 Å². The zero-order valence-electron chi connectivity index (χ0n) is 10.5. The van der Waals surface area contributed by atoms with Gasteiger partial charge in [-0.05, 0) is 38.1 Å². The molecule has 0 aromatic rings. The van der Waals surface area contributed by atoms with Crippen LogP contribution in [-0.4, -0.2) is 43.8 Å². The smallest absolute Gasteiger partial charge is 0.0705 e. The zero-order valence-corrected chi connectivity index (χ0v) is 10.5. The van der Waals surface area contributed by atoms with E-state index >= 15 is 0 Å². The van der Waals surface area contributed by atoms with Crippen LogP contribution in [0.5, 0.6) is 0 Å². The fourth-order valence-corrected chi connectivity index (χ4v) is 3.42. The number of nitrogens with two attached hydrogens (primary N) is 1. The van der Waals surface area contributed by atoms with E-state index in [0.29, 0.717) is 6.54 Å². The molecule has 1 aliphatic heterocycles. The Morgan fingerprint density at radius 2 is 2.12 bits per heavy atom. The van der Waals surface area contributed by atoms with Crippen molar-refractivity contribution >= 4 is 0 Å². The number of likely N-dealkylation sites (tertiary alicyclic amines) is 1. The van der Waals surface area contributed by atoms with Gasteiger partial charge in [0, 0.05) is 26.2 Å². The molecule has 2 rings (SSSR count). The van der Waals surface area contributed by atoms with E-state index in [9.17, 15) is 0 Å². The van der Waals surface area contributed by atoms with Gasteiger partial charge < -0.3 is 15.4 Å². The summed E-state index contributed by atoms with van der Waals surface area (Å²) in [5.41, 5.74) is 5.66. The minimum Gasteiger partial charge on any atom is -0.380 e. The first kappa shape index (κ1) is 12.3. The molecule has 1 aliphatic carbocycles. The van der Waals surface area contributed by atoms with Crippen LogP contribution in [0.1, 0.15) is 38.5 Å². The summed E-state index contributed by atoms with van der Waals surface area (Å²) in [7, 11) is 1.77. The van der Waals surface area contributed by atoms with Crippen molar-refractivity contribution in [3.8, 4) is 0 Å². The number of nitrogens with zero attached hydrogens (tertiary/aromatic N) is 1. The predicted molar refractivity (Wildman–Crippen MR) is 66.4 cm³/mol. The lowest BCUT2D eigenvalue weighted by atomic mass is 9.85. The van der Waals surface area contributed by atoms with Crippen molar-refractivity contribution in [1.29, 1.82) is 0 Å². The first-order chi connectivity index (χ1) is 7.85. The Morgan fingerprint density at radius 1 is 1.31 bits per heavy atom. The number of hydrogen-bond donors (Lipinski definition) is 1. The molecule has 3 unspecified atom stereocenters. The van der Waals surface area contributed by atoms with Gasteiger partial charge in [-0.1, -0.05) is 12.8 Å². The minimum atomic E-state index is 0.252. The second-order valence-electron chi connectivity index (χ2n) is 5.32. The molecule has 16 heavy (non-hydrogen) atoms. The van der Waals surface area contributed by atoms with Crippen LogP contribution in [-0.2, 0) is 4.74 Å². The van der Waals surface area contributed by atoms with Gasteiger partial charge in [-0.3, -0.25) is 0 Å². The molecule has 3 atom stereocenters. The van der Waals surface area contributed by atoms with Gasteiger partial charge in [-0.15, -0.1) is 0 Å². The van der Waals surface area contributed by atoms with Crippen LogP contribution in [0.2, 0.25) is 0 Å². The van der Waals surface area contributed by atoms with Crippen molar-refractivity contribution in [2.24, 2.45) is 11.7 Å². The van der Waals surface area contributed by atoms with E-state index in [1.54, 1.807) is 7.11 Å². The average molecular weight is 226 g/mol. The van der Waals surface area contributed by atoms with E-state index in [1.165, 1.54) is 45.2 Å². The molecule has 0 aromatic heterocycles. The Kier molecular flexibility index (Phi) is 4.62. The van der Waals surface area contributed by atoms with Crippen molar-refractivity contribution in [1.82, 2.24) is 4.90 Å². The number of rotatable bonds is 5. The van der Waals surface area contributed by atoms with Crippen molar-refractivity contribution in [3.63, 3.8) is 0 Å². The van der Waals surface area contributed by atoms with Crippen molar-refractivity contribution in [2.45, 2.75) is 50.7 Å². The van der Waals surface area contributed by atoms with Gasteiger partial charge in [0.25, 0.3) is 0 Å². The zero-order chi connectivity index (χ0) is 11.4. The molecule has 0 bridgehead atoms. The molecule has 0 amide bonds. The largest absolute Gasteiger partial charge is 0.380 e. The molecular formula is C13H26N2O. The first-order valence-corrected chi connectivity index (χ1v) is 6.82. The van der Waals surface area contributed by atoms with Crippen LogP contribution in [0.25, 0.3) is 0 Å². The minimum absolute atomic E-state index is 0.252. The highest BCUT2D eigenvalue weighted by Gasteiger charge is 2.35. The van der Waals surface area contributed by atoms with E-state index in [-0.39, 0.29) is 6.10 Å². The van der Waals surface area contributed by atoms with Gasteiger partial charge in [-0.2, -0.15) is 0 Å². The van der Waals surface area contributed by atoms with E-state index in [2.05, 4.69) is 4.90 Å². The molecule has 0 aromatic carbocycles. The topological polar surface area (TPSA) is 38.5 Å². The Hall–Kier alpha value is -0.120. The van der Waals surface area contributed by atoms with Crippen LogP contribution in [0.15, 0.2) is 0 Å². The molecule has 3 nitrogen and oxygen atoms in total. The summed E-state index contributed by atoms with van der Waals surface area (Å²) in [5, 5.41) is 0. The number of methoxy groups -OCH3 is 1. The second kappa shape index (κ2) is 5.99. The molecular weight excluding hydrogens is 200 g/mol. The molecule has 1 heterocycles. The fourth-order valence-electron chi connectivity index (χ4n) is 3.42. The van der Waals surface area contributed by atoms with Gasteiger partial charge >= 0.3 is 0 Å². The number of hydrogen-bond acceptors (Lipinski definition) is 3. The molecule has 2 aliphatic rings. The summed E-state index contributed by atoms with van der Waals surface area (Å²) in [6.45, 7) is 3.13. The Morgan fingerprint density at radius 3 is 2.88 bits per heavy atom. The molecule has 0 radical (unpaired) electrons. The SMILES string of the molecule is COC(CN)CCN1CCC2CCCCC21. The molecule has 3 heteroatoms. The van der Waals surface area contributed by atoms with Crippen LogP contribution in [0.4, 0.5) is 0 Å². The molecule has 1 saturated heterocycles. The summed E-state index contributed by atoms with van der Waals surface area (Å²) in [4.78, 5) is 2.69.